The van der Waals surface area contributed by atoms with Crippen LogP contribution in [0.1, 0.15) is 40.5 Å². The number of fused-ring (bicyclic) bond motifs is 1. The van der Waals surface area contributed by atoms with E-state index in [9.17, 15) is 32.4 Å². The maximum Gasteiger partial charge on any atom is 0.408 e. The van der Waals surface area contributed by atoms with Gasteiger partial charge in [0.05, 0.1) is 29.8 Å². The van der Waals surface area contributed by atoms with Crippen LogP contribution in [0.5, 0.6) is 11.5 Å². The van der Waals surface area contributed by atoms with Gasteiger partial charge in [0, 0.05) is 55.9 Å². The zero-order chi connectivity index (χ0) is 44.3. The number of likely N-dealkylation sites (N-methyl/N-ethyl adjacent to an activating group) is 1. The number of likely N-dealkylation sites (tertiary alicyclic amines) is 1. The van der Waals surface area contributed by atoms with Crippen molar-refractivity contribution in [2.75, 3.05) is 27.2 Å². The summed E-state index contributed by atoms with van der Waals surface area (Å²) < 4.78 is 46.1. The Morgan fingerprint density at radius 3 is 2.30 bits per heavy atom. The monoisotopic (exact) mass is 854 g/mol. The third kappa shape index (κ3) is 10.1. The summed E-state index contributed by atoms with van der Waals surface area (Å²) >= 11 is 0. The van der Waals surface area contributed by atoms with Gasteiger partial charge < -0.3 is 34.6 Å². The van der Waals surface area contributed by atoms with Crippen LogP contribution in [0.15, 0.2) is 102 Å². The van der Waals surface area contributed by atoms with Gasteiger partial charge in [-0.15, -0.1) is 6.58 Å². The van der Waals surface area contributed by atoms with Gasteiger partial charge in [0.2, 0.25) is 17.7 Å². The van der Waals surface area contributed by atoms with E-state index < -0.39 is 75.0 Å². The number of nitrogens with zero attached hydrogens (tertiary/aromatic N) is 3. The molecule has 2 fully saturated rings. The smallest absolute Gasteiger partial charge is 0.408 e. The Labute approximate surface area is 354 Å². The second-order valence-corrected chi connectivity index (χ2v) is 17.8. The van der Waals surface area contributed by atoms with Crippen molar-refractivity contribution in [3.8, 4) is 22.8 Å². The summed E-state index contributed by atoms with van der Waals surface area (Å²) in [6.45, 7) is 9.61. The number of carbonyl (C=O) groups is 5. The van der Waals surface area contributed by atoms with E-state index >= 15 is 0 Å². The maximum absolute atomic E-state index is 14.7. The molecule has 1 aromatic heterocycles. The molecule has 0 radical (unpaired) electrons. The Morgan fingerprint density at radius 1 is 1.02 bits per heavy atom. The molecule has 1 saturated heterocycles. The van der Waals surface area contributed by atoms with E-state index in [4.69, 9.17) is 19.2 Å². The Hall–Kier alpha value is -6.49. The summed E-state index contributed by atoms with van der Waals surface area (Å²) in [5.74, 6) is -2.54. The fraction of sp³-hybridized carbons (Fsp3) is 0.364. The average molecular weight is 855 g/mol. The third-order valence-electron chi connectivity index (χ3n) is 10.5. The van der Waals surface area contributed by atoms with E-state index in [1.165, 1.54) is 54.1 Å². The number of ether oxygens (including phenoxy) is 3. The van der Waals surface area contributed by atoms with Crippen LogP contribution in [0.25, 0.3) is 22.2 Å². The van der Waals surface area contributed by atoms with E-state index in [1.54, 1.807) is 58.2 Å². The number of sulfonamides is 1. The number of pyridine rings is 1. The van der Waals surface area contributed by atoms with Gasteiger partial charge in [-0.3, -0.25) is 19.2 Å². The first-order chi connectivity index (χ1) is 28.8. The molecule has 16 nitrogen and oxygen atoms in total. The van der Waals surface area contributed by atoms with Crippen molar-refractivity contribution in [3.63, 3.8) is 0 Å². The van der Waals surface area contributed by atoms with Crippen molar-refractivity contribution >= 4 is 50.6 Å². The van der Waals surface area contributed by atoms with Crippen molar-refractivity contribution in [1.29, 1.82) is 0 Å². The van der Waals surface area contributed by atoms with E-state index in [0.29, 0.717) is 28.1 Å². The second kappa shape index (κ2) is 17.6. The Morgan fingerprint density at radius 2 is 1.69 bits per heavy atom. The Bertz CT molecular complexity index is 2440. The first-order valence-corrected chi connectivity index (χ1v) is 21.1. The average Bonchev–Trinajstić information content (AvgIpc) is 3.78. The lowest BCUT2D eigenvalue weighted by molar-refractivity contribution is -0.142. The molecule has 322 valence electrons. The number of benzene rings is 3. The van der Waals surface area contributed by atoms with Crippen LogP contribution in [0.4, 0.5) is 4.79 Å². The lowest BCUT2D eigenvalue weighted by atomic mass is 10.1. The molecule has 61 heavy (non-hydrogen) atoms. The normalized spacial score (nSPS) is 20.2. The maximum atomic E-state index is 14.7. The molecule has 2 heterocycles. The quantitative estimate of drug-likeness (QED) is 0.154. The zero-order valence-electron chi connectivity index (χ0n) is 34.8. The molecule has 0 spiro atoms. The van der Waals surface area contributed by atoms with Gasteiger partial charge in [-0.1, -0.05) is 54.6 Å². The number of nitrogens with one attached hydrogen (secondary N) is 3. The minimum absolute atomic E-state index is 0.0416. The number of carbonyl (C=O) groups excluding carboxylic acids is 5. The van der Waals surface area contributed by atoms with Crippen molar-refractivity contribution < 1.29 is 46.6 Å². The van der Waals surface area contributed by atoms with Crippen LogP contribution in [0.3, 0.4) is 0 Å². The van der Waals surface area contributed by atoms with Gasteiger partial charge >= 0.3 is 6.09 Å². The van der Waals surface area contributed by atoms with Crippen LogP contribution in [0, 0.1) is 5.92 Å². The number of hydrogen-bond donors (Lipinski definition) is 3. The molecule has 17 heteroatoms. The van der Waals surface area contributed by atoms with E-state index in [1.807, 2.05) is 30.3 Å². The first-order valence-electron chi connectivity index (χ1n) is 19.6. The molecule has 1 aliphatic heterocycles. The number of rotatable bonds is 14. The Kier molecular flexibility index (Phi) is 12.7. The highest BCUT2D eigenvalue weighted by Crippen LogP contribution is 2.45. The minimum atomic E-state index is -4.32. The van der Waals surface area contributed by atoms with Crippen LogP contribution < -0.4 is 24.8 Å². The second-order valence-electron chi connectivity index (χ2n) is 16.1. The van der Waals surface area contributed by atoms with E-state index in [0.717, 1.165) is 5.56 Å². The van der Waals surface area contributed by atoms with Gasteiger partial charge in [0.15, 0.2) is 0 Å². The van der Waals surface area contributed by atoms with Gasteiger partial charge in [-0.2, -0.15) is 0 Å². The van der Waals surface area contributed by atoms with E-state index in [-0.39, 0.29) is 30.8 Å². The van der Waals surface area contributed by atoms with Crippen LogP contribution in [-0.4, -0.2) is 109 Å². The molecule has 1 aliphatic carbocycles. The SMILES string of the molecule is C=C[C@@H]1C[C@]1(NC(=O)[C@@H]1C[C@@H](Oc2cc(-c3ccccc3)nc3cc(OC)ccc23)CN1C(=O)[C@@H](CN(C)C(C)=O)NC(=O)OC(C)(C)C)C(=O)NS(=O)(=O)c1ccccc1. The molecule has 0 bridgehead atoms. The molecule has 4 aromatic rings. The van der Waals surface area contributed by atoms with Gasteiger partial charge in [0.25, 0.3) is 15.9 Å². The molecule has 2 aliphatic rings. The molecule has 5 amide bonds. The predicted molar refractivity (Wildman–Crippen MR) is 226 cm³/mol. The molecule has 5 atom stereocenters. The third-order valence-corrected chi connectivity index (χ3v) is 11.9. The van der Waals surface area contributed by atoms with E-state index in [2.05, 4.69) is 21.9 Å². The summed E-state index contributed by atoms with van der Waals surface area (Å²) in [4.78, 5) is 75.8. The summed E-state index contributed by atoms with van der Waals surface area (Å²) in [5.41, 5.74) is -0.672. The fourth-order valence-corrected chi connectivity index (χ4v) is 8.22. The van der Waals surface area contributed by atoms with Crippen molar-refractivity contribution in [3.05, 3.63) is 97.6 Å². The van der Waals surface area contributed by atoms with Crippen molar-refractivity contribution in [1.82, 2.24) is 30.1 Å². The molecular weight excluding hydrogens is 805 g/mol. The number of alkyl carbamates (subject to hydrolysis) is 1. The lowest BCUT2D eigenvalue weighted by Gasteiger charge is -2.31. The lowest BCUT2D eigenvalue weighted by Crippen LogP contribution is -2.59. The number of methoxy groups -OCH3 is 1. The fourth-order valence-electron chi connectivity index (χ4n) is 7.16. The summed E-state index contributed by atoms with van der Waals surface area (Å²) in [7, 11) is -1.32. The van der Waals surface area contributed by atoms with Crippen molar-refractivity contribution in [2.24, 2.45) is 5.92 Å². The van der Waals surface area contributed by atoms with Gasteiger partial charge in [-0.05, 0) is 51.5 Å². The van der Waals surface area contributed by atoms with Gasteiger partial charge in [-0.25, -0.2) is 22.9 Å². The van der Waals surface area contributed by atoms with Crippen LogP contribution in [-0.2, 0) is 33.9 Å². The zero-order valence-corrected chi connectivity index (χ0v) is 35.7. The van der Waals surface area contributed by atoms with Gasteiger partial charge in [0.1, 0.15) is 40.8 Å². The number of amides is 5. The highest BCUT2D eigenvalue weighted by atomic mass is 32.2. The number of hydrogen-bond acceptors (Lipinski definition) is 11. The Balaban J connectivity index is 1.36. The summed E-state index contributed by atoms with van der Waals surface area (Å²) in [5, 5.41) is 5.96. The highest BCUT2D eigenvalue weighted by Gasteiger charge is 2.61. The standard InChI is InChI=1S/C44H50N6O10S/c1-8-29-24-44(29,41(54)48-61(56,57)32-17-13-10-14-18-32)47-39(52)37-22-31(25-50(37)40(53)36(26-49(6)27(2)51)46-42(55)60-43(3,4)5)59-38-23-34(28-15-11-9-12-16-28)45-35-21-30(58-7)19-20-33(35)38/h8-21,23,29,31,36-37H,1,22,24-26H2,2-7H3,(H,46,55)(H,47,52)(H,48,54)/t29-,31-,36-,37+,44-/m1/s1. The summed E-state index contributed by atoms with van der Waals surface area (Å²) in [6.07, 6.45) is -0.352. The highest BCUT2D eigenvalue weighted by molar-refractivity contribution is 7.90. The molecule has 1 saturated carbocycles. The van der Waals surface area contributed by atoms with Crippen molar-refractivity contribution in [2.45, 2.75) is 74.8 Å². The first kappa shape index (κ1) is 44.1. The predicted octanol–water partition coefficient (Wildman–Crippen LogP) is 4.20. The summed E-state index contributed by atoms with van der Waals surface area (Å²) in [6, 6.07) is 21.2. The van der Waals surface area contributed by atoms with Crippen LogP contribution >= 0.6 is 0 Å². The largest absolute Gasteiger partial charge is 0.497 e. The molecule has 3 N–H and O–H groups in total. The topological polar surface area (TPSA) is 203 Å². The number of aromatic nitrogens is 1. The molecule has 0 unspecified atom stereocenters. The molecular formula is C44H50N6O10S. The molecule has 6 rings (SSSR count). The van der Waals surface area contributed by atoms with Crippen LogP contribution in [0.2, 0.25) is 0 Å². The molecule has 3 aromatic carbocycles. The minimum Gasteiger partial charge on any atom is -0.497 e.